The lowest BCUT2D eigenvalue weighted by Crippen LogP contribution is -2.05. The van der Waals surface area contributed by atoms with Crippen LogP contribution < -0.4 is 11.1 Å². The van der Waals surface area contributed by atoms with E-state index in [0.717, 1.165) is 17.4 Å². The third-order valence-electron chi connectivity index (χ3n) is 2.18. The number of nitrogens with zero attached hydrogens (tertiary/aromatic N) is 4. The van der Waals surface area contributed by atoms with Gasteiger partial charge in [0.25, 0.3) is 0 Å². The SMILES string of the molecule is CC(C)Cc1nsc(NCc2nccc(N)n2)n1. The van der Waals surface area contributed by atoms with Gasteiger partial charge in [0.1, 0.15) is 17.5 Å². The van der Waals surface area contributed by atoms with Crippen molar-refractivity contribution >= 4 is 22.5 Å². The molecule has 3 N–H and O–H groups in total. The van der Waals surface area contributed by atoms with E-state index in [1.807, 2.05) is 0 Å². The topological polar surface area (TPSA) is 89.6 Å². The predicted molar refractivity (Wildman–Crippen MR) is 72.2 cm³/mol. The highest BCUT2D eigenvalue weighted by atomic mass is 32.1. The van der Waals surface area contributed by atoms with Crippen LogP contribution in [-0.4, -0.2) is 19.3 Å². The van der Waals surface area contributed by atoms with Gasteiger partial charge >= 0.3 is 0 Å². The van der Waals surface area contributed by atoms with Gasteiger partial charge in [0.05, 0.1) is 6.54 Å². The number of hydrogen-bond donors (Lipinski definition) is 2. The lowest BCUT2D eigenvalue weighted by molar-refractivity contribution is 0.627. The van der Waals surface area contributed by atoms with Crippen LogP contribution >= 0.6 is 11.5 Å². The molecule has 2 aromatic rings. The molecule has 2 aromatic heterocycles. The van der Waals surface area contributed by atoms with E-state index in [9.17, 15) is 0 Å². The molecule has 0 unspecified atom stereocenters. The summed E-state index contributed by atoms with van der Waals surface area (Å²) in [4.78, 5) is 12.6. The molecule has 0 aliphatic heterocycles. The number of aromatic nitrogens is 4. The number of anilines is 2. The maximum atomic E-state index is 5.58. The number of hydrogen-bond acceptors (Lipinski definition) is 7. The summed E-state index contributed by atoms with van der Waals surface area (Å²) in [6.45, 7) is 4.80. The van der Waals surface area contributed by atoms with E-state index < -0.39 is 0 Å². The summed E-state index contributed by atoms with van der Waals surface area (Å²) in [7, 11) is 0. The van der Waals surface area contributed by atoms with E-state index in [4.69, 9.17) is 5.73 Å². The quantitative estimate of drug-likeness (QED) is 0.854. The Morgan fingerprint density at radius 1 is 1.33 bits per heavy atom. The molecule has 7 heteroatoms. The van der Waals surface area contributed by atoms with Crippen LogP contribution in [0.1, 0.15) is 25.5 Å². The second-order valence-corrected chi connectivity index (χ2v) is 5.12. The minimum Gasteiger partial charge on any atom is -0.384 e. The molecule has 0 aliphatic rings. The summed E-state index contributed by atoms with van der Waals surface area (Å²) >= 11 is 1.36. The highest BCUT2D eigenvalue weighted by Crippen LogP contribution is 2.14. The van der Waals surface area contributed by atoms with Gasteiger partial charge < -0.3 is 11.1 Å². The van der Waals surface area contributed by atoms with Crippen LogP contribution in [0.5, 0.6) is 0 Å². The van der Waals surface area contributed by atoms with Crippen LogP contribution in [0.3, 0.4) is 0 Å². The van der Waals surface area contributed by atoms with Gasteiger partial charge in [-0.1, -0.05) is 13.8 Å². The van der Waals surface area contributed by atoms with Gasteiger partial charge in [-0.25, -0.2) is 15.0 Å². The molecule has 18 heavy (non-hydrogen) atoms. The molecule has 0 aromatic carbocycles. The average Bonchev–Trinajstić information content (AvgIpc) is 2.73. The third-order valence-corrected chi connectivity index (χ3v) is 2.89. The highest BCUT2D eigenvalue weighted by molar-refractivity contribution is 7.09. The number of nitrogens with two attached hydrogens (primary N) is 1. The van der Waals surface area contributed by atoms with Gasteiger partial charge in [-0.15, -0.1) is 0 Å². The first kappa shape index (κ1) is 12.7. The first-order valence-electron chi connectivity index (χ1n) is 5.77. The summed E-state index contributed by atoms with van der Waals surface area (Å²) in [5, 5.41) is 3.93. The number of nitrogen functional groups attached to an aromatic ring is 1. The Bertz CT molecular complexity index is 510. The number of nitrogens with one attached hydrogen (secondary N) is 1. The van der Waals surface area contributed by atoms with Crippen molar-refractivity contribution in [3.8, 4) is 0 Å². The Morgan fingerprint density at radius 3 is 2.89 bits per heavy atom. The summed E-state index contributed by atoms with van der Waals surface area (Å²) in [5.74, 6) is 2.56. The zero-order valence-electron chi connectivity index (χ0n) is 10.4. The summed E-state index contributed by atoms with van der Waals surface area (Å²) < 4.78 is 4.29. The van der Waals surface area contributed by atoms with Crippen molar-refractivity contribution < 1.29 is 0 Å². The zero-order chi connectivity index (χ0) is 13.0. The van der Waals surface area contributed by atoms with Crippen molar-refractivity contribution in [2.24, 2.45) is 5.92 Å². The molecule has 2 rings (SSSR count). The molecule has 0 saturated heterocycles. The molecule has 0 spiro atoms. The van der Waals surface area contributed by atoms with Crippen LogP contribution in [0, 0.1) is 5.92 Å². The van der Waals surface area contributed by atoms with Gasteiger partial charge in [0, 0.05) is 24.2 Å². The third kappa shape index (κ3) is 3.63. The Labute approximate surface area is 110 Å². The molecule has 0 aliphatic carbocycles. The molecular weight excluding hydrogens is 248 g/mol. The van der Waals surface area contributed by atoms with Crippen LogP contribution in [0.2, 0.25) is 0 Å². The highest BCUT2D eigenvalue weighted by Gasteiger charge is 2.06. The standard InChI is InChI=1S/C11H16N6S/c1-7(2)5-9-16-11(18-17-9)14-6-10-13-4-3-8(12)15-10/h3-4,7H,5-6H2,1-2H3,(H2,12,13,15)(H,14,16,17). The van der Waals surface area contributed by atoms with Crippen LogP contribution in [-0.2, 0) is 13.0 Å². The molecule has 6 nitrogen and oxygen atoms in total. The molecule has 0 amide bonds. The van der Waals surface area contributed by atoms with Gasteiger partial charge in [-0.2, -0.15) is 4.37 Å². The minimum atomic E-state index is 0.472. The Morgan fingerprint density at radius 2 is 2.17 bits per heavy atom. The second-order valence-electron chi connectivity index (χ2n) is 4.37. The Hall–Kier alpha value is -1.76. The van der Waals surface area contributed by atoms with Gasteiger partial charge in [0.2, 0.25) is 5.13 Å². The predicted octanol–water partition coefficient (Wildman–Crippen LogP) is 1.72. The molecule has 2 heterocycles. The second kappa shape index (κ2) is 5.72. The Kier molecular flexibility index (Phi) is 4.03. The fraction of sp³-hybridized carbons (Fsp3) is 0.455. The van der Waals surface area contributed by atoms with Crippen molar-refractivity contribution in [3.05, 3.63) is 23.9 Å². The average molecular weight is 264 g/mol. The van der Waals surface area contributed by atoms with E-state index in [1.54, 1.807) is 12.3 Å². The minimum absolute atomic E-state index is 0.472. The monoisotopic (exact) mass is 264 g/mol. The molecular formula is C11H16N6S. The lowest BCUT2D eigenvalue weighted by Gasteiger charge is -2.01. The Balaban J connectivity index is 1.92. The van der Waals surface area contributed by atoms with Crippen LogP contribution in [0.25, 0.3) is 0 Å². The molecule has 0 radical (unpaired) electrons. The van der Waals surface area contributed by atoms with Crippen molar-refractivity contribution in [2.75, 3.05) is 11.1 Å². The first-order chi connectivity index (χ1) is 8.63. The number of rotatable bonds is 5. The molecule has 0 bridgehead atoms. The van der Waals surface area contributed by atoms with Gasteiger partial charge in [-0.3, -0.25) is 0 Å². The largest absolute Gasteiger partial charge is 0.384 e. The molecule has 0 fully saturated rings. The van der Waals surface area contributed by atoms with Crippen LogP contribution in [0.15, 0.2) is 12.3 Å². The van der Waals surface area contributed by atoms with E-state index in [1.165, 1.54) is 11.5 Å². The van der Waals surface area contributed by atoms with E-state index in [0.29, 0.717) is 24.1 Å². The fourth-order valence-electron chi connectivity index (χ4n) is 1.43. The lowest BCUT2D eigenvalue weighted by atomic mass is 10.1. The van der Waals surface area contributed by atoms with Crippen molar-refractivity contribution in [3.63, 3.8) is 0 Å². The fourth-order valence-corrected chi connectivity index (χ4v) is 2.02. The maximum absolute atomic E-state index is 5.58. The van der Waals surface area contributed by atoms with Crippen molar-refractivity contribution in [1.82, 2.24) is 19.3 Å². The molecule has 0 saturated carbocycles. The van der Waals surface area contributed by atoms with Crippen LogP contribution in [0.4, 0.5) is 10.9 Å². The van der Waals surface area contributed by atoms with E-state index >= 15 is 0 Å². The summed E-state index contributed by atoms with van der Waals surface area (Å²) in [5.41, 5.74) is 5.58. The van der Waals surface area contributed by atoms with Gasteiger partial charge in [0.15, 0.2) is 0 Å². The maximum Gasteiger partial charge on any atom is 0.202 e. The summed E-state index contributed by atoms with van der Waals surface area (Å²) in [6, 6.07) is 1.66. The van der Waals surface area contributed by atoms with E-state index in [-0.39, 0.29) is 0 Å². The van der Waals surface area contributed by atoms with E-state index in [2.05, 4.69) is 38.5 Å². The van der Waals surface area contributed by atoms with Crippen molar-refractivity contribution in [1.29, 1.82) is 0 Å². The molecule has 0 atom stereocenters. The zero-order valence-corrected chi connectivity index (χ0v) is 11.2. The first-order valence-corrected chi connectivity index (χ1v) is 6.54. The summed E-state index contributed by atoms with van der Waals surface area (Å²) in [6.07, 6.45) is 2.54. The normalized spacial score (nSPS) is 10.8. The molecule has 96 valence electrons. The van der Waals surface area contributed by atoms with Gasteiger partial charge in [-0.05, 0) is 12.0 Å². The van der Waals surface area contributed by atoms with Crippen molar-refractivity contribution in [2.45, 2.75) is 26.8 Å². The smallest absolute Gasteiger partial charge is 0.202 e.